The molecule has 4 nitrogen and oxygen atoms in total. The Labute approximate surface area is 144 Å². The van der Waals surface area contributed by atoms with Crippen LogP contribution in [0.2, 0.25) is 0 Å². The number of furan rings is 1. The van der Waals surface area contributed by atoms with E-state index in [1.165, 1.54) is 24.9 Å². The Morgan fingerprint density at radius 1 is 1.00 bits per heavy atom. The molecule has 2 aromatic rings. The van der Waals surface area contributed by atoms with Crippen LogP contribution in [0.3, 0.4) is 0 Å². The molecule has 0 saturated heterocycles. The highest BCUT2D eigenvalue weighted by atomic mass is 16.3. The van der Waals surface area contributed by atoms with Crippen molar-refractivity contribution in [2.24, 2.45) is 4.99 Å². The van der Waals surface area contributed by atoms with Gasteiger partial charge in [0.15, 0.2) is 0 Å². The zero-order valence-electron chi connectivity index (χ0n) is 14.6. The number of benzene rings is 1. The second-order valence-electron chi connectivity index (χ2n) is 6.18. The SMILES string of the molecule is CC.c1coc(CN=C2Nc3ccccc3NC23CCCCC3)c1. The van der Waals surface area contributed by atoms with E-state index in [1.54, 1.807) is 6.26 Å². The van der Waals surface area contributed by atoms with Gasteiger partial charge < -0.3 is 15.1 Å². The first-order valence-electron chi connectivity index (χ1n) is 9.07. The predicted molar refractivity (Wildman–Crippen MR) is 101 cm³/mol. The Morgan fingerprint density at radius 2 is 1.75 bits per heavy atom. The molecule has 1 saturated carbocycles. The van der Waals surface area contributed by atoms with Crippen molar-refractivity contribution >= 4 is 17.2 Å². The molecule has 2 aliphatic rings. The van der Waals surface area contributed by atoms with E-state index in [0.717, 1.165) is 30.1 Å². The molecule has 24 heavy (non-hydrogen) atoms. The van der Waals surface area contributed by atoms with Crippen LogP contribution >= 0.6 is 0 Å². The normalized spacial score (nSPS) is 19.7. The van der Waals surface area contributed by atoms with E-state index >= 15 is 0 Å². The summed E-state index contributed by atoms with van der Waals surface area (Å²) in [5.41, 5.74) is 2.25. The summed E-state index contributed by atoms with van der Waals surface area (Å²) in [5.74, 6) is 1.96. The van der Waals surface area contributed by atoms with Crippen molar-refractivity contribution in [3.8, 4) is 0 Å². The third-order valence-corrected chi connectivity index (χ3v) is 4.69. The lowest BCUT2D eigenvalue weighted by Crippen LogP contribution is -2.53. The number of hydrogen-bond acceptors (Lipinski definition) is 3. The average molecular weight is 325 g/mol. The van der Waals surface area contributed by atoms with Crippen LogP contribution in [0.5, 0.6) is 0 Å². The van der Waals surface area contributed by atoms with Gasteiger partial charge in [0.1, 0.15) is 11.6 Å². The monoisotopic (exact) mass is 325 g/mol. The summed E-state index contributed by atoms with van der Waals surface area (Å²) in [5, 5.41) is 7.33. The fraction of sp³-hybridized carbons (Fsp3) is 0.450. The van der Waals surface area contributed by atoms with Gasteiger partial charge in [0.05, 0.1) is 29.7 Å². The quantitative estimate of drug-likeness (QED) is 0.772. The van der Waals surface area contributed by atoms with Gasteiger partial charge >= 0.3 is 0 Å². The van der Waals surface area contributed by atoms with E-state index in [2.05, 4.69) is 34.9 Å². The summed E-state index contributed by atoms with van der Waals surface area (Å²) in [7, 11) is 0. The van der Waals surface area contributed by atoms with Crippen molar-refractivity contribution in [2.75, 3.05) is 10.6 Å². The first-order valence-corrected chi connectivity index (χ1v) is 9.07. The lowest BCUT2D eigenvalue weighted by Gasteiger charge is -2.44. The minimum absolute atomic E-state index is 0.0425. The fourth-order valence-electron chi connectivity index (χ4n) is 3.53. The molecule has 4 rings (SSSR count). The molecular formula is C20H27N3O. The standard InChI is InChI=1S/C18H21N3O.C2H6/c1-4-10-18(11-5-1)17(19-13-14-7-6-12-22-14)20-15-8-2-3-9-16(15)21-18;1-2/h2-3,6-9,12,21H,1,4-5,10-11,13H2,(H,19,20);1-2H3. The Balaban J connectivity index is 0.000000815. The number of nitrogens with one attached hydrogen (secondary N) is 2. The molecule has 1 aliphatic carbocycles. The van der Waals surface area contributed by atoms with E-state index in [0.29, 0.717) is 6.54 Å². The van der Waals surface area contributed by atoms with Crippen LogP contribution in [0.15, 0.2) is 52.1 Å². The Morgan fingerprint density at radius 3 is 2.46 bits per heavy atom. The Bertz CT molecular complexity index is 670. The highest BCUT2D eigenvalue weighted by Crippen LogP contribution is 2.39. The molecule has 1 spiro atoms. The number of nitrogens with zero attached hydrogens (tertiary/aromatic N) is 1. The van der Waals surface area contributed by atoms with Crippen molar-refractivity contribution in [2.45, 2.75) is 58.0 Å². The highest BCUT2D eigenvalue weighted by Gasteiger charge is 2.40. The van der Waals surface area contributed by atoms with Crippen LogP contribution < -0.4 is 10.6 Å². The second-order valence-corrected chi connectivity index (χ2v) is 6.18. The van der Waals surface area contributed by atoms with Crippen molar-refractivity contribution < 1.29 is 4.42 Å². The van der Waals surface area contributed by atoms with E-state index in [4.69, 9.17) is 9.41 Å². The van der Waals surface area contributed by atoms with Crippen molar-refractivity contribution in [3.63, 3.8) is 0 Å². The molecule has 1 aliphatic heterocycles. The second kappa shape index (κ2) is 7.56. The van der Waals surface area contributed by atoms with Gasteiger partial charge in [-0.25, -0.2) is 0 Å². The molecule has 1 fully saturated rings. The van der Waals surface area contributed by atoms with Crippen LogP contribution in [0, 0.1) is 0 Å². The summed E-state index contributed by atoms with van der Waals surface area (Å²) >= 11 is 0. The molecule has 0 unspecified atom stereocenters. The smallest absolute Gasteiger partial charge is 0.127 e. The van der Waals surface area contributed by atoms with Gasteiger partial charge in [-0.15, -0.1) is 0 Å². The first-order chi connectivity index (χ1) is 11.9. The van der Waals surface area contributed by atoms with Gasteiger partial charge in [0.2, 0.25) is 0 Å². The van der Waals surface area contributed by atoms with Gasteiger partial charge in [0, 0.05) is 0 Å². The van der Waals surface area contributed by atoms with Crippen LogP contribution in [0.25, 0.3) is 0 Å². The fourth-order valence-corrected chi connectivity index (χ4v) is 3.53. The topological polar surface area (TPSA) is 49.6 Å². The van der Waals surface area contributed by atoms with Crippen LogP contribution in [-0.4, -0.2) is 11.4 Å². The highest BCUT2D eigenvalue weighted by molar-refractivity contribution is 6.09. The molecule has 128 valence electrons. The van der Waals surface area contributed by atoms with E-state index in [9.17, 15) is 0 Å². The van der Waals surface area contributed by atoms with E-state index < -0.39 is 0 Å². The Hall–Kier alpha value is -2.23. The number of rotatable bonds is 2. The summed E-state index contributed by atoms with van der Waals surface area (Å²) < 4.78 is 5.41. The van der Waals surface area contributed by atoms with Gasteiger partial charge in [-0.3, -0.25) is 4.99 Å². The zero-order chi connectivity index (χ0) is 16.8. The molecule has 0 bridgehead atoms. The predicted octanol–water partition coefficient (Wildman–Crippen LogP) is 5.44. The molecular weight excluding hydrogens is 298 g/mol. The average Bonchev–Trinajstić information content (AvgIpc) is 3.16. The molecule has 0 amide bonds. The molecule has 2 heterocycles. The van der Waals surface area contributed by atoms with Crippen LogP contribution in [-0.2, 0) is 6.54 Å². The van der Waals surface area contributed by atoms with Crippen molar-refractivity contribution in [3.05, 3.63) is 48.4 Å². The summed E-state index contributed by atoms with van der Waals surface area (Å²) in [4.78, 5) is 4.85. The molecule has 2 N–H and O–H groups in total. The van der Waals surface area contributed by atoms with Crippen molar-refractivity contribution in [1.29, 1.82) is 0 Å². The zero-order valence-corrected chi connectivity index (χ0v) is 14.6. The minimum atomic E-state index is -0.0425. The summed E-state index contributed by atoms with van der Waals surface area (Å²) in [6.07, 6.45) is 7.77. The van der Waals surface area contributed by atoms with Crippen molar-refractivity contribution in [1.82, 2.24) is 0 Å². The lowest BCUT2D eigenvalue weighted by molar-refractivity contribution is 0.402. The number of aliphatic imine (C=N–C) groups is 1. The van der Waals surface area contributed by atoms with E-state index in [-0.39, 0.29) is 5.54 Å². The largest absolute Gasteiger partial charge is 0.467 e. The maximum absolute atomic E-state index is 5.41. The molecule has 4 heteroatoms. The number of fused-ring (bicyclic) bond motifs is 1. The van der Waals surface area contributed by atoms with Gasteiger partial charge in [-0.2, -0.15) is 0 Å². The molecule has 1 aromatic heterocycles. The lowest BCUT2D eigenvalue weighted by atomic mass is 9.79. The maximum Gasteiger partial charge on any atom is 0.127 e. The Kier molecular flexibility index (Phi) is 5.24. The number of amidine groups is 1. The summed E-state index contributed by atoms with van der Waals surface area (Å²) in [6, 6.07) is 12.3. The molecule has 0 radical (unpaired) electrons. The van der Waals surface area contributed by atoms with Crippen LogP contribution in [0.1, 0.15) is 51.7 Å². The summed E-state index contributed by atoms with van der Waals surface area (Å²) in [6.45, 7) is 4.58. The minimum Gasteiger partial charge on any atom is -0.467 e. The molecule has 0 atom stereocenters. The van der Waals surface area contributed by atoms with Gasteiger partial charge in [0.25, 0.3) is 0 Å². The number of hydrogen-bond donors (Lipinski definition) is 2. The molecule has 1 aromatic carbocycles. The van der Waals surface area contributed by atoms with Crippen LogP contribution in [0.4, 0.5) is 11.4 Å². The first kappa shape index (κ1) is 16.6. The number of anilines is 2. The van der Waals surface area contributed by atoms with Gasteiger partial charge in [-0.1, -0.05) is 45.2 Å². The third-order valence-electron chi connectivity index (χ3n) is 4.69. The van der Waals surface area contributed by atoms with E-state index in [1.807, 2.05) is 26.0 Å². The third kappa shape index (κ3) is 3.32. The number of para-hydroxylation sites is 2. The van der Waals surface area contributed by atoms with Gasteiger partial charge in [-0.05, 0) is 37.1 Å². The maximum atomic E-state index is 5.41.